The molecule has 3 aromatic carbocycles. The molecule has 0 heterocycles. The predicted molar refractivity (Wildman–Crippen MR) is 144 cm³/mol. The summed E-state index contributed by atoms with van der Waals surface area (Å²) < 4.78 is 11.3. The number of carbonyl (C=O) groups excluding carboxylic acids is 2. The van der Waals surface area contributed by atoms with Crippen LogP contribution in [0.5, 0.6) is 11.5 Å². The Balaban J connectivity index is 1.60. The maximum absolute atomic E-state index is 13.8. The molecular formula is C31H36N2O4. The molecule has 1 aliphatic rings. The molecule has 0 saturated heterocycles. The molecule has 194 valence electrons. The average molecular weight is 501 g/mol. The second-order valence-electron chi connectivity index (χ2n) is 9.50. The molecule has 0 spiro atoms. The monoisotopic (exact) mass is 500 g/mol. The summed E-state index contributed by atoms with van der Waals surface area (Å²) in [5.74, 6) is 0.678. The molecule has 1 fully saturated rings. The van der Waals surface area contributed by atoms with Gasteiger partial charge in [-0.15, -0.1) is 0 Å². The van der Waals surface area contributed by atoms with Crippen LogP contribution in [0.15, 0.2) is 84.9 Å². The molecule has 1 atom stereocenters. The van der Waals surface area contributed by atoms with Gasteiger partial charge < -0.3 is 19.7 Å². The first-order valence-electron chi connectivity index (χ1n) is 13.1. The first-order chi connectivity index (χ1) is 18.1. The minimum absolute atomic E-state index is 0.114. The molecule has 1 saturated carbocycles. The van der Waals surface area contributed by atoms with Gasteiger partial charge in [0.05, 0.1) is 7.11 Å². The number of hydrogen-bond acceptors (Lipinski definition) is 4. The number of carbonyl (C=O) groups is 2. The van der Waals surface area contributed by atoms with Crippen molar-refractivity contribution in [2.45, 2.75) is 57.2 Å². The number of hydrogen-bond donors (Lipinski definition) is 1. The number of rotatable bonds is 11. The zero-order valence-corrected chi connectivity index (χ0v) is 21.5. The fourth-order valence-corrected chi connectivity index (χ4v) is 4.84. The number of methoxy groups -OCH3 is 1. The molecule has 3 aromatic rings. The van der Waals surface area contributed by atoms with Crippen molar-refractivity contribution in [3.63, 3.8) is 0 Å². The molecule has 6 nitrogen and oxygen atoms in total. The van der Waals surface area contributed by atoms with Crippen molar-refractivity contribution in [1.29, 1.82) is 0 Å². The van der Waals surface area contributed by atoms with E-state index < -0.39 is 6.04 Å². The van der Waals surface area contributed by atoms with Gasteiger partial charge in [-0.2, -0.15) is 0 Å². The van der Waals surface area contributed by atoms with E-state index in [4.69, 9.17) is 9.47 Å². The lowest BCUT2D eigenvalue weighted by molar-refractivity contribution is -0.143. The van der Waals surface area contributed by atoms with E-state index in [1.165, 1.54) is 6.42 Å². The number of ether oxygens (including phenoxy) is 2. The maximum atomic E-state index is 13.8. The molecule has 0 radical (unpaired) electrons. The van der Waals surface area contributed by atoms with Crippen LogP contribution in [0.1, 0.15) is 43.2 Å². The zero-order chi connectivity index (χ0) is 25.9. The van der Waals surface area contributed by atoms with Crippen LogP contribution < -0.4 is 14.8 Å². The van der Waals surface area contributed by atoms with Crippen LogP contribution in [-0.2, 0) is 22.6 Å². The Morgan fingerprint density at radius 2 is 1.43 bits per heavy atom. The number of nitrogens with zero attached hydrogens (tertiary/aromatic N) is 1. The number of benzene rings is 3. The lowest BCUT2D eigenvalue weighted by Crippen LogP contribution is -2.53. The zero-order valence-electron chi connectivity index (χ0n) is 21.5. The second-order valence-corrected chi connectivity index (χ2v) is 9.50. The summed E-state index contributed by atoms with van der Waals surface area (Å²) in [6.45, 7) is 0.111. The highest BCUT2D eigenvalue weighted by Crippen LogP contribution is 2.26. The third-order valence-corrected chi connectivity index (χ3v) is 6.84. The van der Waals surface area contributed by atoms with Crippen LogP contribution in [0, 0.1) is 0 Å². The second kappa shape index (κ2) is 13.5. The molecule has 0 bridgehead atoms. The van der Waals surface area contributed by atoms with Crippen molar-refractivity contribution in [3.05, 3.63) is 96.1 Å². The Hall–Kier alpha value is -3.80. The van der Waals surface area contributed by atoms with Crippen LogP contribution in [0.25, 0.3) is 0 Å². The van der Waals surface area contributed by atoms with Gasteiger partial charge in [0.25, 0.3) is 5.91 Å². The Morgan fingerprint density at radius 3 is 2.08 bits per heavy atom. The summed E-state index contributed by atoms with van der Waals surface area (Å²) in [7, 11) is 1.57. The summed E-state index contributed by atoms with van der Waals surface area (Å²) in [6.07, 6.45) is 5.83. The van der Waals surface area contributed by atoms with E-state index in [1.54, 1.807) is 24.1 Å². The van der Waals surface area contributed by atoms with Crippen LogP contribution in [0.3, 0.4) is 0 Å². The Bertz CT molecular complexity index is 1130. The van der Waals surface area contributed by atoms with E-state index in [0.29, 0.717) is 24.5 Å². The average Bonchev–Trinajstić information content (AvgIpc) is 2.95. The largest absolute Gasteiger partial charge is 0.493 e. The van der Waals surface area contributed by atoms with Crippen molar-refractivity contribution >= 4 is 11.8 Å². The van der Waals surface area contributed by atoms with Gasteiger partial charge in [0, 0.05) is 19.0 Å². The molecule has 1 N–H and O–H groups in total. The topological polar surface area (TPSA) is 67.9 Å². The Kier molecular flexibility index (Phi) is 9.58. The number of amides is 2. The Labute approximate surface area is 219 Å². The standard InChI is InChI=1S/C31H36N2O4/c1-36-28-19-11-12-20-29(28)37-23-30(34)33(22-25-15-7-3-8-16-25)27(21-24-13-5-2-6-14-24)31(35)32-26-17-9-4-10-18-26/h2-3,5-8,11-16,19-20,26-27H,4,9-10,17-18,21-23H2,1H3,(H,32,35). The molecule has 1 aliphatic carbocycles. The van der Waals surface area contributed by atoms with E-state index in [1.807, 2.05) is 72.8 Å². The first-order valence-corrected chi connectivity index (χ1v) is 13.1. The van der Waals surface area contributed by atoms with Gasteiger partial charge in [-0.3, -0.25) is 9.59 Å². The van der Waals surface area contributed by atoms with Crippen molar-refractivity contribution < 1.29 is 19.1 Å². The van der Waals surface area contributed by atoms with Crippen molar-refractivity contribution in [2.24, 2.45) is 0 Å². The smallest absolute Gasteiger partial charge is 0.261 e. The molecule has 1 unspecified atom stereocenters. The van der Waals surface area contributed by atoms with Gasteiger partial charge in [0.1, 0.15) is 6.04 Å². The SMILES string of the molecule is COc1ccccc1OCC(=O)N(Cc1ccccc1)C(Cc1ccccc1)C(=O)NC1CCCCC1. The van der Waals surface area contributed by atoms with Crippen molar-refractivity contribution in [2.75, 3.05) is 13.7 Å². The third-order valence-electron chi connectivity index (χ3n) is 6.84. The lowest BCUT2D eigenvalue weighted by Gasteiger charge is -2.33. The molecule has 0 aromatic heterocycles. The van der Waals surface area contributed by atoms with Crippen molar-refractivity contribution in [3.8, 4) is 11.5 Å². The van der Waals surface area contributed by atoms with E-state index in [-0.39, 0.29) is 24.5 Å². The highest BCUT2D eigenvalue weighted by atomic mass is 16.5. The highest BCUT2D eigenvalue weighted by Gasteiger charge is 2.32. The number of nitrogens with one attached hydrogen (secondary N) is 1. The molecule has 37 heavy (non-hydrogen) atoms. The summed E-state index contributed by atoms with van der Waals surface area (Å²) in [4.78, 5) is 29.2. The fourth-order valence-electron chi connectivity index (χ4n) is 4.84. The van der Waals surface area contributed by atoms with Gasteiger partial charge in [-0.1, -0.05) is 92.1 Å². The quantitative estimate of drug-likeness (QED) is 0.395. The normalized spacial score (nSPS) is 14.4. The van der Waals surface area contributed by atoms with Crippen LogP contribution in [0.2, 0.25) is 0 Å². The van der Waals surface area contributed by atoms with Crippen LogP contribution in [-0.4, -0.2) is 42.5 Å². The van der Waals surface area contributed by atoms with E-state index in [2.05, 4.69) is 5.32 Å². The lowest BCUT2D eigenvalue weighted by atomic mass is 9.94. The van der Waals surface area contributed by atoms with Gasteiger partial charge in [-0.25, -0.2) is 0 Å². The molecular weight excluding hydrogens is 464 g/mol. The number of para-hydroxylation sites is 2. The Morgan fingerprint density at radius 1 is 0.838 bits per heavy atom. The van der Waals surface area contributed by atoms with Gasteiger partial charge >= 0.3 is 0 Å². The fraction of sp³-hybridized carbons (Fsp3) is 0.355. The van der Waals surface area contributed by atoms with Crippen LogP contribution in [0.4, 0.5) is 0 Å². The van der Waals surface area contributed by atoms with E-state index >= 15 is 0 Å². The third kappa shape index (κ3) is 7.59. The predicted octanol–water partition coefficient (Wildman–Crippen LogP) is 5.16. The van der Waals surface area contributed by atoms with Crippen molar-refractivity contribution in [1.82, 2.24) is 10.2 Å². The van der Waals surface area contributed by atoms with E-state index in [0.717, 1.165) is 36.8 Å². The molecule has 6 heteroatoms. The van der Waals surface area contributed by atoms with Crippen LogP contribution >= 0.6 is 0 Å². The summed E-state index contributed by atoms with van der Waals surface area (Å²) in [5, 5.41) is 3.26. The highest BCUT2D eigenvalue weighted by molar-refractivity contribution is 5.88. The molecule has 4 rings (SSSR count). The van der Waals surface area contributed by atoms with Gasteiger partial charge in [0.2, 0.25) is 5.91 Å². The van der Waals surface area contributed by atoms with Gasteiger partial charge in [-0.05, 0) is 36.1 Å². The van der Waals surface area contributed by atoms with Gasteiger partial charge in [0.15, 0.2) is 18.1 Å². The maximum Gasteiger partial charge on any atom is 0.261 e. The summed E-state index contributed by atoms with van der Waals surface area (Å²) in [5.41, 5.74) is 1.96. The minimum Gasteiger partial charge on any atom is -0.493 e. The molecule has 2 amide bonds. The summed E-state index contributed by atoms with van der Waals surface area (Å²) >= 11 is 0. The minimum atomic E-state index is -0.668. The summed E-state index contributed by atoms with van der Waals surface area (Å²) in [6, 6.07) is 26.4. The van der Waals surface area contributed by atoms with E-state index in [9.17, 15) is 9.59 Å². The molecule has 0 aliphatic heterocycles. The first kappa shape index (κ1) is 26.3.